The molecule has 0 fully saturated rings. The largest absolute Gasteiger partial charge is 0.334 e. The first kappa shape index (κ1) is 11.3. The number of rotatable bonds is 3. The van der Waals surface area contributed by atoms with Crippen LogP contribution in [-0.4, -0.2) is 10.1 Å². The van der Waals surface area contributed by atoms with Crippen LogP contribution in [0.15, 0.2) is 28.8 Å². The minimum Gasteiger partial charge on any atom is -0.334 e. The third-order valence-corrected chi connectivity index (χ3v) is 2.45. The zero-order valence-corrected chi connectivity index (χ0v) is 9.42. The predicted molar refractivity (Wildman–Crippen MR) is 61.7 cm³/mol. The maximum Gasteiger partial charge on any atom is 0.258 e. The first-order valence-corrected chi connectivity index (χ1v) is 5.34. The quantitative estimate of drug-likeness (QED) is 0.868. The van der Waals surface area contributed by atoms with Crippen LogP contribution >= 0.6 is 0 Å². The Morgan fingerprint density at radius 3 is 3.06 bits per heavy atom. The molecule has 2 aromatic rings. The Hall–Kier alpha value is -2.19. The van der Waals surface area contributed by atoms with E-state index >= 15 is 0 Å². The van der Waals surface area contributed by atoms with Gasteiger partial charge in [0.05, 0.1) is 17.7 Å². The molecule has 0 bridgehead atoms. The Morgan fingerprint density at radius 2 is 2.35 bits per heavy atom. The summed E-state index contributed by atoms with van der Waals surface area (Å²) in [5.41, 5.74) is 7.09. The summed E-state index contributed by atoms with van der Waals surface area (Å²) in [7, 11) is 0. The normalized spacial score (nSPS) is 12.1. The van der Waals surface area contributed by atoms with Crippen LogP contribution in [-0.2, 0) is 0 Å². The highest BCUT2D eigenvalue weighted by atomic mass is 16.5. The Bertz CT molecular complexity index is 556. The van der Waals surface area contributed by atoms with Crippen LogP contribution in [0.3, 0.4) is 0 Å². The fourth-order valence-corrected chi connectivity index (χ4v) is 1.41. The van der Waals surface area contributed by atoms with E-state index < -0.39 is 0 Å². The van der Waals surface area contributed by atoms with Crippen molar-refractivity contribution in [3.8, 4) is 17.5 Å². The van der Waals surface area contributed by atoms with Gasteiger partial charge in [0.2, 0.25) is 0 Å². The lowest BCUT2D eigenvalue weighted by atomic mass is 10.1. The molecule has 5 heteroatoms. The van der Waals surface area contributed by atoms with E-state index in [1.54, 1.807) is 18.2 Å². The van der Waals surface area contributed by atoms with Gasteiger partial charge in [0.25, 0.3) is 5.89 Å². The standard InChI is InChI=1S/C12H12N4O/c1-2-10(14)11-15-12(17-16-11)9-5-3-4-8(6-9)7-13/h3-6,10H,2,14H2,1H3. The molecule has 1 aromatic heterocycles. The summed E-state index contributed by atoms with van der Waals surface area (Å²) in [5.74, 6) is 0.880. The van der Waals surface area contributed by atoms with E-state index in [0.29, 0.717) is 17.3 Å². The summed E-state index contributed by atoms with van der Waals surface area (Å²) in [6, 6.07) is 8.86. The highest BCUT2D eigenvalue weighted by Crippen LogP contribution is 2.20. The summed E-state index contributed by atoms with van der Waals surface area (Å²) < 4.78 is 5.12. The number of aromatic nitrogens is 2. The highest BCUT2D eigenvalue weighted by Gasteiger charge is 2.13. The molecule has 17 heavy (non-hydrogen) atoms. The van der Waals surface area contributed by atoms with Crippen LogP contribution < -0.4 is 5.73 Å². The third-order valence-electron chi connectivity index (χ3n) is 2.45. The topological polar surface area (TPSA) is 88.7 Å². The monoisotopic (exact) mass is 228 g/mol. The van der Waals surface area contributed by atoms with Gasteiger partial charge >= 0.3 is 0 Å². The fourth-order valence-electron chi connectivity index (χ4n) is 1.41. The number of nitrogens with zero attached hydrogens (tertiary/aromatic N) is 3. The van der Waals surface area contributed by atoms with Gasteiger partial charge in [0, 0.05) is 5.56 Å². The Morgan fingerprint density at radius 1 is 1.53 bits per heavy atom. The minimum atomic E-state index is -0.216. The molecule has 0 radical (unpaired) electrons. The van der Waals surface area contributed by atoms with Crippen molar-refractivity contribution in [2.75, 3.05) is 0 Å². The summed E-state index contributed by atoms with van der Waals surface area (Å²) in [6.45, 7) is 1.96. The second kappa shape index (κ2) is 4.76. The van der Waals surface area contributed by atoms with Crippen LogP contribution in [0.4, 0.5) is 0 Å². The number of nitriles is 1. The number of benzene rings is 1. The van der Waals surface area contributed by atoms with E-state index in [9.17, 15) is 0 Å². The van der Waals surface area contributed by atoms with Crippen LogP contribution in [0, 0.1) is 11.3 Å². The summed E-state index contributed by atoms with van der Waals surface area (Å²) in [5, 5.41) is 12.6. The van der Waals surface area contributed by atoms with E-state index in [2.05, 4.69) is 16.2 Å². The van der Waals surface area contributed by atoms with E-state index in [1.165, 1.54) is 0 Å². The highest BCUT2D eigenvalue weighted by molar-refractivity contribution is 5.55. The van der Waals surface area contributed by atoms with Crippen LogP contribution in [0.2, 0.25) is 0 Å². The SMILES string of the molecule is CCC(N)c1noc(-c2cccc(C#N)c2)n1. The van der Waals surface area contributed by atoms with Crippen molar-refractivity contribution in [2.24, 2.45) is 5.73 Å². The Labute approximate surface area is 98.9 Å². The second-order valence-electron chi connectivity index (χ2n) is 3.67. The van der Waals surface area contributed by atoms with Crippen LogP contribution in [0.1, 0.15) is 30.8 Å². The van der Waals surface area contributed by atoms with Gasteiger partial charge in [-0.05, 0) is 24.6 Å². The van der Waals surface area contributed by atoms with Crippen molar-refractivity contribution < 1.29 is 4.52 Å². The van der Waals surface area contributed by atoms with Crippen molar-refractivity contribution in [3.05, 3.63) is 35.7 Å². The predicted octanol–water partition coefficient (Wildman–Crippen LogP) is 2.02. The van der Waals surface area contributed by atoms with Crippen molar-refractivity contribution in [3.63, 3.8) is 0 Å². The summed E-state index contributed by atoms with van der Waals surface area (Å²) >= 11 is 0. The average Bonchev–Trinajstić information content (AvgIpc) is 2.87. The van der Waals surface area contributed by atoms with E-state index in [0.717, 1.165) is 12.0 Å². The minimum absolute atomic E-state index is 0.216. The molecule has 0 aliphatic heterocycles. The van der Waals surface area contributed by atoms with Gasteiger partial charge in [-0.15, -0.1) is 0 Å². The molecule has 86 valence electrons. The van der Waals surface area contributed by atoms with Gasteiger partial charge in [-0.3, -0.25) is 0 Å². The van der Waals surface area contributed by atoms with Gasteiger partial charge in [-0.25, -0.2) is 0 Å². The smallest absolute Gasteiger partial charge is 0.258 e. The molecule has 1 unspecified atom stereocenters. The van der Waals surface area contributed by atoms with Gasteiger partial charge in [-0.1, -0.05) is 18.1 Å². The molecule has 0 saturated carbocycles. The number of hydrogen-bond acceptors (Lipinski definition) is 5. The lowest BCUT2D eigenvalue weighted by Crippen LogP contribution is -2.10. The molecule has 0 amide bonds. The van der Waals surface area contributed by atoms with Crippen molar-refractivity contribution in [1.29, 1.82) is 5.26 Å². The molecule has 1 atom stereocenters. The zero-order valence-electron chi connectivity index (χ0n) is 9.42. The van der Waals surface area contributed by atoms with Gasteiger partial charge in [0.15, 0.2) is 5.82 Å². The molecule has 0 saturated heterocycles. The van der Waals surface area contributed by atoms with Gasteiger partial charge < -0.3 is 10.3 Å². The molecule has 5 nitrogen and oxygen atoms in total. The van der Waals surface area contributed by atoms with Crippen molar-refractivity contribution in [1.82, 2.24) is 10.1 Å². The Balaban J connectivity index is 2.34. The number of hydrogen-bond donors (Lipinski definition) is 1. The van der Waals surface area contributed by atoms with Crippen molar-refractivity contribution >= 4 is 0 Å². The molecule has 2 rings (SSSR count). The van der Waals surface area contributed by atoms with E-state index in [1.807, 2.05) is 13.0 Å². The first-order valence-electron chi connectivity index (χ1n) is 5.34. The molecular formula is C12H12N4O. The first-order chi connectivity index (χ1) is 8.24. The van der Waals surface area contributed by atoms with Crippen LogP contribution in [0.25, 0.3) is 11.5 Å². The molecule has 1 aromatic carbocycles. The third kappa shape index (κ3) is 2.32. The molecule has 2 N–H and O–H groups in total. The fraction of sp³-hybridized carbons (Fsp3) is 0.250. The van der Waals surface area contributed by atoms with Gasteiger partial charge in [-0.2, -0.15) is 10.2 Å². The lowest BCUT2D eigenvalue weighted by Gasteiger charge is -1.99. The molecule has 0 aliphatic rings. The van der Waals surface area contributed by atoms with E-state index in [4.69, 9.17) is 15.5 Å². The van der Waals surface area contributed by atoms with Crippen molar-refractivity contribution in [2.45, 2.75) is 19.4 Å². The van der Waals surface area contributed by atoms with Crippen LogP contribution in [0.5, 0.6) is 0 Å². The summed E-state index contributed by atoms with van der Waals surface area (Å²) in [6.07, 6.45) is 0.747. The van der Waals surface area contributed by atoms with E-state index in [-0.39, 0.29) is 6.04 Å². The molecule has 1 heterocycles. The average molecular weight is 228 g/mol. The maximum atomic E-state index is 8.80. The molecular weight excluding hydrogens is 216 g/mol. The molecule has 0 aliphatic carbocycles. The number of nitrogens with two attached hydrogens (primary N) is 1. The molecule has 0 spiro atoms. The maximum absolute atomic E-state index is 8.80. The lowest BCUT2D eigenvalue weighted by molar-refractivity contribution is 0.415. The summed E-state index contributed by atoms with van der Waals surface area (Å²) in [4.78, 5) is 4.21. The van der Waals surface area contributed by atoms with Gasteiger partial charge in [0.1, 0.15) is 0 Å². The second-order valence-corrected chi connectivity index (χ2v) is 3.67. The Kier molecular flexibility index (Phi) is 3.17. The zero-order chi connectivity index (χ0) is 12.3.